The van der Waals surface area contributed by atoms with E-state index in [9.17, 15) is 0 Å². The fourth-order valence-corrected chi connectivity index (χ4v) is 2.49. The molecule has 0 saturated heterocycles. The number of aromatic nitrogens is 1. The van der Waals surface area contributed by atoms with Gasteiger partial charge in [-0.2, -0.15) is 0 Å². The molecule has 0 aliphatic rings. The average molecular weight is 249 g/mol. The van der Waals surface area contributed by atoms with Crippen molar-refractivity contribution in [2.24, 2.45) is 5.84 Å². The van der Waals surface area contributed by atoms with Gasteiger partial charge in [-0.15, -0.1) is 0 Å². The molecule has 0 fully saturated rings. The summed E-state index contributed by atoms with van der Waals surface area (Å²) in [5.74, 6) is 5.38. The van der Waals surface area contributed by atoms with Crippen molar-refractivity contribution in [1.29, 1.82) is 0 Å². The van der Waals surface area contributed by atoms with Gasteiger partial charge in [0.25, 0.3) is 5.19 Å². The van der Waals surface area contributed by atoms with Crippen molar-refractivity contribution in [2.45, 2.75) is 13.5 Å². The molecule has 5 heteroatoms. The van der Waals surface area contributed by atoms with Crippen molar-refractivity contribution in [3.63, 3.8) is 0 Å². The van der Waals surface area contributed by atoms with Crippen LogP contribution in [-0.2, 0) is 6.54 Å². The highest BCUT2D eigenvalue weighted by molar-refractivity contribution is 7.13. The molecule has 3 N–H and O–H groups in total. The molecule has 0 saturated carbocycles. The number of nitrogens with two attached hydrogens (primary N) is 1. The second kappa shape index (κ2) is 5.77. The number of nitrogens with zero attached hydrogens (tertiary/aromatic N) is 1. The molecule has 90 valence electrons. The van der Waals surface area contributed by atoms with Crippen LogP contribution in [0.15, 0.2) is 30.3 Å². The minimum absolute atomic E-state index is 0.592. The standard InChI is InChI=1S/C12H15N3OS/c1-2-16-12-15-11(10(17-12)8-14-13)9-6-4-3-5-7-9/h3-7,14H,2,8,13H2,1H3. The van der Waals surface area contributed by atoms with Crippen molar-refractivity contribution < 1.29 is 4.74 Å². The summed E-state index contributed by atoms with van der Waals surface area (Å²) in [6, 6.07) is 10.0. The Morgan fingerprint density at radius 2 is 2.12 bits per heavy atom. The van der Waals surface area contributed by atoms with Crippen LogP contribution in [0.2, 0.25) is 0 Å². The van der Waals surface area contributed by atoms with E-state index in [1.807, 2.05) is 37.3 Å². The number of ether oxygens (including phenoxy) is 1. The summed E-state index contributed by atoms with van der Waals surface area (Å²) in [4.78, 5) is 5.57. The highest BCUT2D eigenvalue weighted by Crippen LogP contribution is 2.32. The molecule has 0 unspecified atom stereocenters. The Labute approximate surface area is 104 Å². The van der Waals surface area contributed by atoms with Gasteiger partial charge >= 0.3 is 0 Å². The van der Waals surface area contributed by atoms with E-state index >= 15 is 0 Å². The van der Waals surface area contributed by atoms with Crippen LogP contribution in [0.5, 0.6) is 5.19 Å². The molecular formula is C12H15N3OS. The Bertz CT molecular complexity index is 470. The summed E-state index contributed by atoms with van der Waals surface area (Å²) < 4.78 is 5.43. The summed E-state index contributed by atoms with van der Waals surface area (Å²) >= 11 is 1.53. The summed E-state index contributed by atoms with van der Waals surface area (Å²) in [6.45, 7) is 3.16. The first-order chi connectivity index (χ1) is 8.35. The molecule has 1 aromatic carbocycles. The lowest BCUT2D eigenvalue weighted by atomic mass is 10.1. The van der Waals surface area contributed by atoms with Crippen LogP contribution in [0.1, 0.15) is 11.8 Å². The van der Waals surface area contributed by atoms with Crippen LogP contribution in [0.25, 0.3) is 11.3 Å². The Morgan fingerprint density at radius 1 is 1.35 bits per heavy atom. The van der Waals surface area contributed by atoms with Gasteiger partial charge in [-0.1, -0.05) is 41.7 Å². The maximum atomic E-state index is 5.43. The lowest BCUT2D eigenvalue weighted by molar-refractivity contribution is 0.338. The molecule has 17 heavy (non-hydrogen) atoms. The van der Waals surface area contributed by atoms with E-state index < -0.39 is 0 Å². The summed E-state index contributed by atoms with van der Waals surface area (Å²) in [5.41, 5.74) is 4.69. The zero-order valence-corrected chi connectivity index (χ0v) is 10.5. The minimum atomic E-state index is 0.592. The molecule has 1 aromatic heterocycles. The average Bonchev–Trinajstić information content (AvgIpc) is 2.74. The number of thiazole rings is 1. The third-order valence-corrected chi connectivity index (χ3v) is 3.22. The molecule has 0 aliphatic carbocycles. The van der Waals surface area contributed by atoms with Gasteiger partial charge in [0.2, 0.25) is 0 Å². The van der Waals surface area contributed by atoms with E-state index in [2.05, 4.69) is 10.4 Å². The molecule has 4 nitrogen and oxygen atoms in total. The van der Waals surface area contributed by atoms with Gasteiger partial charge in [-0.3, -0.25) is 11.3 Å². The molecule has 2 aromatic rings. The number of hydrogen-bond acceptors (Lipinski definition) is 5. The van der Waals surface area contributed by atoms with Crippen molar-refractivity contribution in [2.75, 3.05) is 6.61 Å². The van der Waals surface area contributed by atoms with Crippen LogP contribution >= 0.6 is 11.3 Å². The normalized spacial score (nSPS) is 10.5. The first kappa shape index (κ1) is 12.0. The van der Waals surface area contributed by atoms with Crippen LogP contribution in [-0.4, -0.2) is 11.6 Å². The lowest BCUT2D eigenvalue weighted by Crippen LogP contribution is -2.20. The van der Waals surface area contributed by atoms with Gasteiger partial charge in [0.05, 0.1) is 17.2 Å². The van der Waals surface area contributed by atoms with E-state index in [-0.39, 0.29) is 0 Å². The molecule has 0 atom stereocenters. The molecule has 0 aliphatic heterocycles. The smallest absolute Gasteiger partial charge is 0.274 e. The second-order valence-corrected chi connectivity index (χ2v) is 4.48. The summed E-state index contributed by atoms with van der Waals surface area (Å²) in [7, 11) is 0. The highest BCUT2D eigenvalue weighted by atomic mass is 32.1. The number of hydrogen-bond donors (Lipinski definition) is 2. The Balaban J connectivity index is 2.37. The quantitative estimate of drug-likeness (QED) is 0.630. The zero-order valence-electron chi connectivity index (χ0n) is 9.64. The van der Waals surface area contributed by atoms with E-state index in [1.54, 1.807) is 0 Å². The van der Waals surface area contributed by atoms with Gasteiger partial charge in [0.1, 0.15) is 0 Å². The maximum absolute atomic E-state index is 5.43. The van der Waals surface area contributed by atoms with Gasteiger partial charge in [0.15, 0.2) is 0 Å². The molecule has 0 radical (unpaired) electrons. The third-order valence-electron chi connectivity index (χ3n) is 2.26. The van der Waals surface area contributed by atoms with Crippen LogP contribution in [0.4, 0.5) is 0 Å². The van der Waals surface area contributed by atoms with Crippen molar-refractivity contribution in [3.05, 3.63) is 35.2 Å². The van der Waals surface area contributed by atoms with Crippen LogP contribution in [0.3, 0.4) is 0 Å². The molecule has 0 amide bonds. The zero-order chi connectivity index (χ0) is 12.1. The van der Waals surface area contributed by atoms with E-state index in [0.29, 0.717) is 18.3 Å². The molecule has 0 bridgehead atoms. The van der Waals surface area contributed by atoms with Gasteiger partial charge in [-0.25, -0.2) is 4.98 Å². The first-order valence-corrected chi connectivity index (χ1v) is 6.28. The Kier molecular flexibility index (Phi) is 4.08. The van der Waals surface area contributed by atoms with E-state index in [0.717, 1.165) is 16.1 Å². The Hall–Kier alpha value is -1.43. The SMILES string of the molecule is CCOc1nc(-c2ccccc2)c(CNN)s1. The van der Waals surface area contributed by atoms with Gasteiger partial charge in [-0.05, 0) is 6.92 Å². The molecule has 0 spiro atoms. The number of nitrogens with one attached hydrogen (secondary N) is 1. The Morgan fingerprint density at radius 3 is 2.76 bits per heavy atom. The fourth-order valence-electron chi connectivity index (χ4n) is 1.55. The lowest BCUT2D eigenvalue weighted by Gasteiger charge is -2.00. The largest absolute Gasteiger partial charge is 0.470 e. The van der Waals surface area contributed by atoms with Crippen molar-refractivity contribution in [3.8, 4) is 16.5 Å². The predicted octanol–water partition coefficient (Wildman–Crippen LogP) is 2.17. The van der Waals surface area contributed by atoms with Crippen LogP contribution < -0.4 is 16.0 Å². The minimum Gasteiger partial charge on any atom is -0.470 e. The summed E-state index contributed by atoms with van der Waals surface area (Å²) in [5, 5.41) is 0.691. The monoisotopic (exact) mass is 249 g/mol. The topological polar surface area (TPSA) is 60.2 Å². The van der Waals surface area contributed by atoms with E-state index in [4.69, 9.17) is 10.6 Å². The number of hydrazine groups is 1. The molecule has 1 heterocycles. The van der Waals surface area contributed by atoms with Crippen molar-refractivity contribution in [1.82, 2.24) is 10.4 Å². The van der Waals surface area contributed by atoms with E-state index in [1.165, 1.54) is 11.3 Å². The number of rotatable bonds is 5. The van der Waals surface area contributed by atoms with Gasteiger partial charge in [0, 0.05) is 12.1 Å². The number of benzene rings is 1. The van der Waals surface area contributed by atoms with Gasteiger partial charge < -0.3 is 4.74 Å². The molecule has 2 rings (SSSR count). The molecular weight excluding hydrogens is 234 g/mol. The second-order valence-electron chi connectivity index (χ2n) is 3.43. The highest BCUT2D eigenvalue weighted by Gasteiger charge is 2.12. The van der Waals surface area contributed by atoms with Crippen molar-refractivity contribution >= 4 is 11.3 Å². The third kappa shape index (κ3) is 2.82. The predicted molar refractivity (Wildman–Crippen MR) is 69.7 cm³/mol. The fraction of sp³-hybridized carbons (Fsp3) is 0.250. The van der Waals surface area contributed by atoms with Crippen LogP contribution in [0, 0.1) is 0 Å². The first-order valence-electron chi connectivity index (χ1n) is 5.46. The maximum Gasteiger partial charge on any atom is 0.274 e. The summed E-state index contributed by atoms with van der Waals surface area (Å²) in [6.07, 6.45) is 0.